The number of aryl methyl sites for hydroxylation is 1. The van der Waals surface area contributed by atoms with E-state index in [1.165, 1.54) is 6.20 Å². The highest BCUT2D eigenvalue weighted by Crippen LogP contribution is 2.28. The minimum Gasteiger partial charge on any atom is -0.487 e. The van der Waals surface area contributed by atoms with Gasteiger partial charge >= 0.3 is 0 Å². The van der Waals surface area contributed by atoms with E-state index in [4.69, 9.17) is 4.74 Å². The average molecular weight is 181 g/mol. The van der Waals surface area contributed by atoms with Gasteiger partial charge in [-0.15, -0.1) is 0 Å². The van der Waals surface area contributed by atoms with Crippen LogP contribution in [0.3, 0.4) is 0 Å². The molecule has 1 aliphatic rings. The quantitative estimate of drug-likeness (QED) is 0.714. The van der Waals surface area contributed by atoms with Crippen LogP contribution in [-0.4, -0.2) is 11.1 Å². The standard InChI is InChI=1S/C10H12FNO/c1-2-7-5-10(9(11)6-12-7)13-8-3-4-8/h5-6,8H,2-4H2,1H3. The van der Waals surface area contributed by atoms with E-state index in [2.05, 4.69) is 4.98 Å². The lowest BCUT2D eigenvalue weighted by molar-refractivity contribution is 0.286. The van der Waals surface area contributed by atoms with Crippen molar-refractivity contribution in [2.24, 2.45) is 0 Å². The molecule has 1 aliphatic carbocycles. The topological polar surface area (TPSA) is 22.1 Å². The molecule has 0 bridgehead atoms. The zero-order valence-electron chi connectivity index (χ0n) is 7.59. The maximum atomic E-state index is 13.1. The first-order valence-electron chi connectivity index (χ1n) is 4.60. The molecule has 0 atom stereocenters. The van der Waals surface area contributed by atoms with E-state index in [-0.39, 0.29) is 11.9 Å². The summed E-state index contributed by atoms with van der Waals surface area (Å²) in [5.41, 5.74) is 0.872. The van der Waals surface area contributed by atoms with Crippen molar-refractivity contribution in [1.29, 1.82) is 0 Å². The summed E-state index contributed by atoms with van der Waals surface area (Å²) in [6.45, 7) is 1.99. The van der Waals surface area contributed by atoms with Crippen LogP contribution in [-0.2, 0) is 6.42 Å². The van der Waals surface area contributed by atoms with E-state index in [0.29, 0.717) is 5.75 Å². The van der Waals surface area contributed by atoms with Gasteiger partial charge in [-0.2, -0.15) is 0 Å². The van der Waals surface area contributed by atoms with Crippen molar-refractivity contribution >= 4 is 0 Å². The molecule has 1 heterocycles. The van der Waals surface area contributed by atoms with E-state index in [0.717, 1.165) is 25.0 Å². The number of aromatic nitrogens is 1. The summed E-state index contributed by atoms with van der Waals surface area (Å²) in [5.74, 6) is -0.00144. The molecule has 0 spiro atoms. The van der Waals surface area contributed by atoms with Crippen molar-refractivity contribution in [3.05, 3.63) is 23.8 Å². The van der Waals surface area contributed by atoms with Gasteiger partial charge in [-0.1, -0.05) is 6.92 Å². The number of ether oxygens (including phenoxy) is 1. The van der Waals surface area contributed by atoms with Crippen LogP contribution >= 0.6 is 0 Å². The van der Waals surface area contributed by atoms with Crippen LogP contribution in [0.1, 0.15) is 25.5 Å². The van der Waals surface area contributed by atoms with E-state index in [1.807, 2.05) is 6.92 Å². The molecule has 0 N–H and O–H groups in total. The van der Waals surface area contributed by atoms with Crippen LogP contribution in [0.2, 0.25) is 0 Å². The third-order valence-corrected chi connectivity index (χ3v) is 2.06. The van der Waals surface area contributed by atoms with Gasteiger partial charge < -0.3 is 4.74 Å². The molecule has 1 aromatic rings. The zero-order valence-corrected chi connectivity index (χ0v) is 7.59. The summed E-state index contributed by atoms with van der Waals surface area (Å²) in [4.78, 5) is 3.93. The van der Waals surface area contributed by atoms with Gasteiger partial charge in [0.2, 0.25) is 0 Å². The number of nitrogens with zero attached hydrogens (tertiary/aromatic N) is 1. The van der Waals surface area contributed by atoms with Gasteiger partial charge in [0, 0.05) is 11.8 Å². The predicted octanol–water partition coefficient (Wildman–Crippen LogP) is 2.32. The largest absolute Gasteiger partial charge is 0.487 e. The maximum absolute atomic E-state index is 13.1. The molecule has 0 unspecified atom stereocenters. The molecule has 2 rings (SSSR count). The fourth-order valence-corrected chi connectivity index (χ4v) is 1.11. The zero-order chi connectivity index (χ0) is 9.26. The van der Waals surface area contributed by atoms with Crippen LogP contribution in [0.15, 0.2) is 12.3 Å². The highest BCUT2D eigenvalue weighted by molar-refractivity contribution is 5.25. The first-order chi connectivity index (χ1) is 6.29. The first kappa shape index (κ1) is 8.48. The lowest BCUT2D eigenvalue weighted by Gasteiger charge is -2.06. The van der Waals surface area contributed by atoms with Crippen LogP contribution < -0.4 is 4.74 Å². The van der Waals surface area contributed by atoms with Crippen molar-refractivity contribution in [2.75, 3.05) is 0 Å². The molecule has 1 fully saturated rings. The van der Waals surface area contributed by atoms with Gasteiger partial charge in [-0.3, -0.25) is 4.98 Å². The number of hydrogen-bond acceptors (Lipinski definition) is 2. The van der Waals surface area contributed by atoms with Crippen LogP contribution in [0.5, 0.6) is 5.75 Å². The Morgan fingerprint density at radius 3 is 3.00 bits per heavy atom. The summed E-state index contributed by atoms with van der Waals surface area (Å²) in [6, 6.07) is 1.69. The van der Waals surface area contributed by atoms with Crippen molar-refractivity contribution in [3.63, 3.8) is 0 Å². The highest BCUT2D eigenvalue weighted by atomic mass is 19.1. The fraction of sp³-hybridized carbons (Fsp3) is 0.500. The Morgan fingerprint density at radius 2 is 2.38 bits per heavy atom. The number of rotatable bonds is 3. The molecule has 0 amide bonds. The van der Waals surface area contributed by atoms with Crippen molar-refractivity contribution in [3.8, 4) is 5.75 Å². The Balaban J connectivity index is 2.19. The Hall–Kier alpha value is -1.12. The third-order valence-electron chi connectivity index (χ3n) is 2.06. The lowest BCUT2D eigenvalue weighted by atomic mass is 10.3. The highest BCUT2D eigenvalue weighted by Gasteiger charge is 2.24. The maximum Gasteiger partial charge on any atom is 0.183 e. The number of halogens is 1. The number of hydrogen-bond donors (Lipinski definition) is 0. The summed E-state index contributed by atoms with van der Waals surface area (Å²) in [5, 5.41) is 0. The minimum atomic E-state index is -0.357. The van der Waals surface area contributed by atoms with E-state index >= 15 is 0 Å². The molecule has 0 aromatic carbocycles. The molecule has 3 heteroatoms. The molecule has 1 aromatic heterocycles. The molecule has 0 aliphatic heterocycles. The lowest BCUT2D eigenvalue weighted by Crippen LogP contribution is -2.00. The predicted molar refractivity (Wildman–Crippen MR) is 47.2 cm³/mol. The summed E-state index contributed by atoms with van der Waals surface area (Å²) < 4.78 is 18.5. The number of pyridine rings is 1. The molecule has 2 nitrogen and oxygen atoms in total. The third kappa shape index (κ3) is 1.97. The Kier molecular flexibility index (Phi) is 2.17. The molecule has 70 valence electrons. The van der Waals surface area contributed by atoms with E-state index in [9.17, 15) is 4.39 Å². The minimum absolute atomic E-state index is 0.238. The Morgan fingerprint density at radius 1 is 1.62 bits per heavy atom. The average Bonchev–Trinajstić information content (AvgIpc) is 2.93. The van der Waals surface area contributed by atoms with Crippen LogP contribution in [0.25, 0.3) is 0 Å². The molecular weight excluding hydrogens is 169 g/mol. The second kappa shape index (κ2) is 3.32. The van der Waals surface area contributed by atoms with Crippen molar-refractivity contribution < 1.29 is 9.13 Å². The molecule has 0 saturated heterocycles. The van der Waals surface area contributed by atoms with Gasteiger partial charge in [-0.05, 0) is 19.3 Å². The van der Waals surface area contributed by atoms with Crippen molar-refractivity contribution in [1.82, 2.24) is 4.98 Å². The Bertz CT molecular complexity index is 310. The second-order valence-electron chi connectivity index (χ2n) is 3.28. The van der Waals surface area contributed by atoms with Crippen molar-refractivity contribution in [2.45, 2.75) is 32.3 Å². The van der Waals surface area contributed by atoms with E-state index < -0.39 is 0 Å². The van der Waals surface area contributed by atoms with Gasteiger partial charge in [-0.25, -0.2) is 4.39 Å². The van der Waals surface area contributed by atoms with E-state index in [1.54, 1.807) is 6.07 Å². The molecule has 1 saturated carbocycles. The van der Waals surface area contributed by atoms with Gasteiger partial charge in [0.25, 0.3) is 0 Å². The monoisotopic (exact) mass is 181 g/mol. The fourth-order valence-electron chi connectivity index (χ4n) is 1.11. The molecular formula is C10H12FNO. The van der Waals surface area contributed by atoms with Gasteiger partial charge in [0.1, 0.15) is 0 Å². The summed E-state index contributed by atoms with van der Waals surface area (Å²) >= 11 is 0. The first-order valence-corrected chi connectivity index (χ1v) is 4.60. The van der Waals surface area contributed by atoms with Crippen LogP contribution in [0, 0.1) is 5.82 Å². The second-order valence-corrected chi connectivity index (χ2v) is 3.28. The molecule has 0 radical (unpaired) electrons. The van der Waals surface area contributed by atoms with Crippen LogP contribution in [0.4, 0.5) is 4.39 Å². The summed E-state index contributed by atoms with van der Waals surface area (Å²) in [7, 11) is 0. The van der Waals surface area contributed by atoms with Gasteiger partial charge in [0.15, 0.2) is 11.6 Å². The Labute approximate surface area is 76.7 Å². The smallest absolute Gasteiger partial charge is 0.183 e. The molecule has 13 heavy (non-hydrogen) atoms. The SMILES string of the molecule is CCc1cc(OC2CC2)c(F)cn1. The summed E-state index contributed by atoms with van der Waals surface area (Å²) in [6.07, 6.45) is 4.37. The van der Waals surface area contributed by atoms with Gasteiger partial charge in [0.05, 0.1) is 12.3 Å². The normalized spacial score (nSPS) is 15.8.